The molecule has 1 aliphatic heterocycles. The van der Waals surface area contributed by atoms with Crippen LogP contribution in [0, 0.1) is 24.7 Å². The average molecular weight is 263 g/mol. The Morgan fingerprint density at radius 1 is 1.37 bits per heavy atom. The van der Waals surface area contributed by atoms with E-state index < -0.39 is 11.9 Å². The number of carboxylic acid groups (broad SMARTS) is 1. The molecule has 0 aromatic carbocycles. The third-order valence-corrected chi connectivity index (χ3v) is 4.25. The molecular weight excluding hydrogens is 246 g/mol. The van der Waals surface area contributed by atoms with E-state index in [9.17, 15) is 14.7 Å². The molecule has 1 saturated carbocycles. The first-order valence-electron chi connectivity index (χ1n) is 6.64. The van der Waals surface area contributed by atoms with Gasteiger partial charge in [-0.1, -0.05) is 0 Å². The number of carbonyl (C=O) groups is 2. The van der Waals surface area contributed by atoms with Gasteiger partial charge in [-0.25, -0.2) is 0 Å². The van der Waals surface area contributed by atoms with Gasteiger partial charge in [-0.2, -0.15) is 0 Å². The molecule has 5 heteroatoms. The molecule has 3 rings (SSSR count). The van der Waals surface area contributed by atoms with Gasteiger partial charge >= 0.3 is 5.97 Å². The van der Waals surface area contributed by atoms with Crippen molar-refractivity contribution in [3.05, 3.63) is 23.7 Å². The van der Waals surface area contributed by atoms with Gasteiger partial charge < -0.3 is 14.4 Å². The summed E-state index contributed by atoms with van der Waals surface area (Å²) in [4.78, 5) is 25.3. The minimum atomic E-state index is -0.789. The van der Waals surface area contributed by atoms with Gasteiger partial charge in [0.25, 0.3) is 5.91 Å². The number of furan rings is 1. The Labute approximate surface area is 111 Å². The number of amides is 1. The molecule has 1 aliphatic carbocycles. The van der Waals surface area contributed by atoms with E-state index in [-0.39, 0.29) is 11.8 Å². The second-order valence-electron chi connectivity index (χ2n) is 5.59. The van der Waals surface area contributed by atoms with Gasteiger partial charge in [0.15, 0.2) is 5.76 Å². The lowest BCUT2D eigenvalue weighted by Crippen LogP contribution is -2.30. The lowest BCUT2D eigenvalue weighted by atomic mass is 9.92. The van der Waals surface area contributed by atoms with E-state index in [2.05, 4.69) is 0 Å². The fraction of sp³-hybridized carbons (Fsp3) is 0.571. The first-order chi connectivity index (χ1) is 9.08. The molecule has 0 bridgehead atoms. The molecule has 1 aromatic rings. The number of hydrogen-bond donors (Lipinski definition) is 1. The summed E-state index contributed by atoms with van der Waals surface area (Å²) in [6.45, 7) is 2.66. The Balaban J connectivity index is 1.78. The van der Waals surface area contributed by atoms with Crippen LogP contribution in [0.15, 0.2) is 16.7 Å². The lowest BCUT2D eigenvalue weighted by Gasteiger charge is -2.15. The smallest absolute Gasteiger partial charge is 0.308 e. The Hall–Kier alpha value is -1.78. The molecule has 0 unspecified atom stereocenters. The fourth-order valence-corrected chi connectivity index (χ4v) is 2.99. The van der Waals surface area contributed by atoms with E-state index in [1.807, 2.05) is 6.92 Å². The standard InChI is InChI=1S/C14H17NO4/c1-8-4-5-19-12(8)13(16)15-6-10(9-2-3-9)11(7-15)14(17)18/h4-5,9-11H,2-3,6-7H2,1H3,(H,17,18)/t10-,11+/m1/s1. The van der Waals surface area contributed by atoms with Crippen LogP contribution in [0.25, 0.3) is 0 Å². The van der Waals surface area contributed by atoms with Crippen LogP contribution in [-0.4, -0.2) is 35.0 Å². The summed E-state index contributed by atoms with van der Waals surface area (Å²) in [6.07, 6.45) is 3.68. The van der Waals surface area contributed by atoms with E-state index in [4.69, 9.17) is 4.42 Å². The molecule has 0 radical (unpaired) electrons. The van der Waals surface area contributed by atoms with Crippen molar-refractivity contribution in [1.82, 2.24) is 4.90 Å². The topological polar surface area (TPSA) is 70.8 Å². The zero-order valence-corrected chi connectivity index (χ0v) is 10.8. The Morgan fingerprint density at radius 2 is 2.11 bits per heavy atom. The van der Waals surface area contributed by atoms with Gasteiger partial charge in [0.05, 0.1) is 12.2 Å². The van der Waals surface area contributed by atoms with E-state index in [1.165, 1.54) is 6.26 Å². The Kier molecular flexibility index (Phi) is 2.84. The van der Waals surface area contributed by atoms with Crippen LogP contribution in [0.5, 0.6) is 0 Å². The minimum absolute atomic E-state index is 0.108. The van der Waals surface area contributed by atoms with Gasteiger partial charge in [-0.05, 0) is 37.7 Å². The summed E-state index contributed by atoms with van der Waals surface area (Å²) >= 11 is 0. The number of rotatable bonds is 3. The zero-order valence-electron chi connectivity index (χ0n) is 10.8. The number of aryl methyl sites for hydroxylation is 1. The van der Waals surface area contributed by atoms with Crippen LogP contribution < -0.4 is 0 Å². The SMILES string of the molecule is Cc1ccoc1C(=O)N1C[C@H](C(=O)O)[C@@H](C2CC2)C1. The van der Waals surface area contributed by atoms with Crippen molar-refractivity contribution in [2.45, 2.75) is 19.8 Å². The summed E-state index contributed by atoms with van der Waals surface area (Å²) in [6, 6.07) is 1.75. The van der Waals surface area contributed by atoms with E-state index in [0.29, 0.717) is 24.8 Å². The van der Waals surface area contributed by atoms with Crippen molar-refractivity contribution in [1.29, 1.82) is 0 Å². The van der Waals surface area contributed by atoms with E-state index in [1.54, 1.807) is 11.0 Å². The molecule has 2 fully saturated rings. The van der Waals surface area contributed by atoms with Crippen LogP contribution in [0.3, 0.4) is 0 Å². The quantitative estimate of drug-likeness (QED) is 0.902. The number of likely N-dealkylation sites (tertiary alicyclic amines) is 1. The molecule has 2 atom stereocenters. The van der Waals surface area contributed by atoms with Crippen LogP contribution >= 0.6 is 0 Å². The van der Waals surface area contributed by atoms with Crippen molar-refractivity contribution >= 4 is 11.9 Å². The summed E-state index contributed by atoms with van der Waals surface area (Å²) in [5.41, 5.74) is 0.798. The molecule has 1 N–H and O–H groups in total. The minimum Gasteiger partial charge on any atom is -0.481 e. The maximum Gasteiger partial charge on any atom is 0.308 e. The summed E-state index contributed by atoms with van der Waals surface area (Å²) in [5.74, 6) is -0.471. The second-order valence-corrected chi connectivity index (χ2v) is 5.59. The van der Waals surface area contributed by atoms with Crippen LogP contribution in [0.2, 0.25) is 0 Å². The first-order valence-corrected chi connectivity index (χ1v) is 6.64. The summed E-state index contributed by atoms with van der Waals surface area (Å²) < 4.78 is 5.21. The molecule has 102 valence electrons. The summed E-state index contributed by atoms with van der Waals surface area (Å²) in [7, 11) is 0. The highest BCUT2D eigenvalue weighted by atomic mass is 16.4. The molecule has 1 saturated heterocycles. The van der Waals surface area contributed by atoms with Gasteiger partial charge in [-0.15, -0.1) is 0 Å². The number of carboxylic acids is 1. The first kappa shape index (κ1) is 12.3. The third-order valence-electron chi connectivity index (χ3n) is 4.25. The van der Waals surface area contributed by atoms with Crippen LogP contribution in [0.1, 0.15) is 29.0 Å². The van der Waals surface area contributed by atoms with Crippen molar-refractivity contribution in [3.8, 4) is 0 Å². The van der Waals surface area contributed by atoms with Crippen molar-refractivity contribution in [2.24, 2.45) is 17.8 Å². The van der Waals surface area contributed by atoms with Crippen LogP contribution in [0.4, 0.5) is 0 Å². The van der Waals surface area contributed by atoms with Gasteiger partial charge in [-0.3, -0.25) is 9.59 Å². The summed E-state index contributed by atoms with van der Waals surface area (Å²) in [5, 5.41) is 9.28. The molecule has 2 heterocycles. The fourth-order valence-electron chi connectivity index (χ4n) is 2.99. The highest BCUT2D eigenvalue weighted by Crippen LogP contribution is 2.44. The van der Waals surface area contributed by atoms with Crippen molar-refractivity contribution < 1.29 is 19.1 Å². The predicted molar refractivity (Wildman–Crippen MR) is 66.7 cm³/mol. The Morgan fingerprint density at radius 3 is 2.63 bits per heavy atom. The van der Waals surface area contributed by atoms with Crippen LogP contribution in [-0.2, 0) is 4.79 Å². The number of aliphatic carboxylic acids is 1. The monoisotopic (exact) mass is 263 g/mol. The molecule has 5 nitrogen and oxygen atoms in total. The molecular formula is C14H17NO4. The van der Waals surface area contributed by atoms with Gasteiger partial charge in [0, 0.05) is 18.7 Å². The zero-order chi connectivity index (χ0) is 13.6. The van der Waals surface area contributed by atoms with Crippen molar-refractivity contribution in [2.75, 3.05) is 13.1 Å². The number of nitrogens with zero attached hydrogens (tertiary/aromatic N) is 1. The largest absolute Gasteiger partial charge is 0.481 e. The van der Waals surface area contributed by atoms with E-state index in [0.717, 1.165) is 18.4 Å². The Bertz CT molecular complexity index is 517. The molecule has 2 aliphatic rings. The predicted octanol–water partition coefficient (Wildman–Crippen LogP) is 1.77. The molecule has 19 heavy (non-hydrogen) atoms. The van der Waals surface area contributed by atoms with E-state index >= 15 is 0 Å². The maximum absolute atomic E-state index is 12.3. The van der Waals surface area contributed by atoms with Gasteiger partial charge in [0.1, 0.15) is 0 Å². The highest BCUT2D eigenvalue weighted by Gasteiger charge is 2.47. The molecule has 1 aromatic heterocycles. The second kappa shape index (κ2) is 4.40. The third kappa shape index (κ3) is 2.13. The van der Waals surface area contributed by atoms with Gasteiger partial charge in [0.2, 0.25) is 0 Å². The molecule has 1 amide bonds. The lowest BCUT2D eigenvalue weighted by molar-refractivity contribution is -0.142. The average Bonchev–Trinajstić information content (AvgIpc) is 2.97. The highest BCUT2D eigenvalue weighted by molar-refractivity contribution is 5.93. The maximum atomic E-state index is 12.3. The normalized spacial score (nSPS) is 26.7. The molecule has 0 spiro atoms. The number of carbonyl (C=O) groups excluding carboxylic acids is 1. The number of hydrogen-bond acceptors (Lipinski definition) is 3. The van der Waals surface area contributed by atoms with Crippen molar-refractivity contribution in [3.63, 3.8) is 0 Å².